The number of rotatable bonds is 11. The Morgan fingerprint density at radius 2 is 1.42 bits per heavy atom. The van der Waals surface area contributed by atoms with Crippen molar-refractivity contribution in [2.24, 2.45) is 0 Å². The largest absolute Gasteiger partial charge is 0.497 e. The summed E-state index contributed by atoms with van der Waals surface area (Å²) in [7, 11) is -0.366. The number of aromatic nitrogens is 1. The lowest BCUT2D eigenvalue weighted by atomic mass is 9.96. The molecule has 10 heteroatoms. The third-order valence-corrected chi connectivity index (χ3v) is 8.61. The summed E-state index contributed by atoms with van der Waals surface area (Å²) in [6.45, 7) is 9.89. The minimum absolute atomic E-state index is 0.0514. The van der Waals surface area contributed by atoms with E-state index in [4.69, 9.17) is 9.47 Å². The second-order valence-electron chi connectivity index (χ2n) is 6.98. The van der Waals surface area contributed by atoms with Crippen LogP contribution in [0.2, 0.25) is 0 Å². The molecule has 0 fully saturated rings. The highest BCUT2D eigenvalue weighted by atomic mass is 31.2. The zero-order chi connectivity index (χ0) is 24.6. The van der Waals surface area contributed by atoms with Crippen LogP contribution in [0.25, 0.3) is 11.1 Å². The number of hydrogen-bond acceptors (Lipinski definition) is 6. The van der Waals surface area contributed by atoms with Crippen LogP contribution >= 0.6 is 7.59 Å². The Hall–Kier alpha value is -3.10. The number of benzene rings is 1. The molecule has 0 atom stereocenters. The van der Waals surface area contributed by atoms with E-state index in [0.29, 0.717) is 43.1 Å². The molecule has 1 aromatic carbocycles. The second-order valence-corrected chi connectivity index (χ2v) is 9.42. The number of nitrogens with one attached hydrogen (secondary N) is 1. The van der Waals surface area contributed by atoms with Crippen molar-refractivity contribution in [2.75, 3.05) is 45.5 Å². The van der Waals surface area contributed by atoms with Crippen molar-refractivity contribution in [3.63, 3.8) is 0 Å². The van der Waals surface area contributed by atoms with Crippen LogP contribution in [0.5, 0.6) is 11.6 Å². The summed E-state index contributed by atoms with van der Waals surface area (Å²) < 4.78 is 28.6. The van der Waals surface area contributed by atoms with Crippen molar-refractivity contribution in [1.82, 2.24) is 14.3 Å². The van der Waals surface area contributed by atoms with E-state index in [1.54, 1.807) is 31.4 Å². The number of anilines is 1. The molecular weight excluding hydrogens is 439 g/mol. The number of nitrogens with zero attached hydrogens (tertiary/aromatic N) is 5. The molecule has 1 heterocycles. The van der Waals surface area contributed by atoms with Gasteiger partial charge in [0.25, 0.3) is 0 Å². The molecule has 33 heavy (non-hydrogen) atoms. The van der Waals surface area contributed by atoms with E-state index >= 15 is 0 Å². The van der Waals surface area contributed by atoms with E-state index in [1.807, 2.05) is 37.0 Å². The van der Waals surface area contributed by atoms with Crippen molar-refractivity contribution in [3.05, 3.63) is 35.4 Å². The maximum Gasteiger partial charge on any atom is 0.309 e. The number of hydrogen-bond donors (Lipinski definition) is 1. The third kappa shape index (κ3) is 5.12. The summed E-state index contributed by atoms with van der Waals surface area (Å²) in [6.07, 6.45) is 0. The number of pyridine rings is 1. The first-order valence-corrected chi connectivity index (χ1v) is 12.5. The van der Waals surface area contributed by atoms with Crippen LogP contribution in [0.1, 0.15) is 38.8 Å². The maximum atomic E-state index is 14.3. The lowest BCUT2D eigenvalue weighted by Crippen LogP contribution is -2.35. The van der Waals surface area contributed by atoms with Gasteiger partial charge in [-0.1, -0.05) is 39.8 Å². The molecule has 0 radical (unpaired) electrons. The van der Waals surface area contributed by atoms with Crippen LogP contribution in [-0.4, -0.2) is 54.7 Å². The lowest BCUT2D eigenvalue weighted by Gasteiger charge is -2.37. The smallest absolute Gasteiger partial charge is 0.309 e. The predicted octanol–water partition coefficient (Wildman–Crippen LogP) is 4.71. The molecule has 0 spiro atoms. The number of methoxy groups -OCH3 is 2. The standard InChI is InChI=1S/C23H31N6O3P/c1-7-28(8-2)33(30,29(9-3)10-4)27-22-19(15-24)21(20(16-25)23(26-22)32-6)17-11-13-18(31-5)14-12-17/h11-14H,7-10H2,1-6H3,(H,26,27,30). The summed E-state index contributed by atoms with van der Waals surface area (Å²) in [6, 6.07) is 11.3. The molecule has 0 aliphatic rings. The summed E-state index contributed by atoms with van der Waals surface area (Å²) >= 11 is 0. The van der Waals surface area contributed by atoms with Gasteiger partial charge < -0.3 is 9.47 Å². The summed E-state index contributed by atoms with van der Waals surface area (Å²) in [5, 5.41) is 23.1. The summed E-state index contributed by atoms with van der Waals surface area (Å²) in [5.74, 6) is 0.805. The Balaban J connectivity index is 2.83. The van der Waals surface area contributed by atoms with Crippen LogP contribution in [0.3, 0.4) is 0 Å². The Morgan fingerprint density at radius 1 is 0.909 bits per heavy atom. The van der Waals surface area contributed by atoms with Crippen molar-refractivity contribution in [1.29, 1.82) is 10.5 Å². The second kappa shape index (κ2) is 11.7. The van der Waals surface area contributed by atoms with E-state index in [0.717, 1.165) is 0 Å². The molecule has 0 aliphatic carbocycles. The molecule has 0 unspecified atom stereocenters. The van der Waals surface area contributed by atoms with Crippen LogP contribution in [0.15, 0.2) is 24.3 Å². The molecule has 0 aliphatic heterocycles. The van der Waals surface area contributed by atoms with Gasteiger partial charge >= 0.3 is 7.59 Å². The van der Waals surface area contributed by atoms with Gasteiger partial charge in [-0.25, -0.2) is 9.34 Å². The first kappa shape index (κ1) is 26.2. The fourth-order valence-electron chi connectivity index (χ4n) is 3.72. The predicted molar refractivity (Wildman–Crippen MR) is 129 cm³/mol. The topological polar surface area (TPSA) is 115 Å². The van der Waals surface area contributed by atoms with Gasteiger partial charge in [0.2, 0.25) is 5.88 Å². The molecule has 0 saturated carbocycles. The average molecular weight is 471 g/mol. The van der Waals surface area contributed by atoms with E-state index in [9.17, 15) is 15.1 Å². The van der Waals surface area contributed by atoms with E-state index in [2.05, 4.69) is 22.2 Å². The molecule has 0 amide bonds. The molecule has 176 valence electrons. The third-order valence-electron chi connectivity index (χ3n) is 5.44. The summed E-state index contributed by atoms with van der Waals surface area (Å²) in [4.78, 5) is 4.41. The van der Waals surface area contributed by atoms with Crippen molar-refractivity contribution < 1.29 is 14.0 Å². The van der Waals surface area contributed by atoms with Crippen LogP contribution in [0, 0.1) is 22.7 Å². The van der Waals surface area contributed by atoms with Crippen molar-refractivity contribution >= 4 is 13.4 Å². The monoisotopic (exact) mass is 470 g/mol. The molecule has 2 aromatic rings. The Bertz CT molecular complexity index is 1070. The minimum atomic E-state index is -3.34. The van der Waals surface area contributed by atoms with Crippen LogP contribution in [0.4, 0.5) is 5.82 Å². The van der Waals surface area contributed by atoms with Crippen molar-refractivity contribution in [3.8, 4) is 34.9 Å². The van der Waals surface area contributed by atoms with E-state index < -0.39 is 7.59 Å². The van der Waals surface area contributed by atoms with E-state index in [1.165, 1.54) is 7.11 Å². The van der Waals surface area contributed by atoms with Crippen molar-refractivity contribution in [2.45, 2.75) is 27.7 Å². The zero-order valence-electron chi connectivity index (χ0n) is 20.0. The molecule has 0 saturated heterocycles. The maximum absolute atomic E-state index is 14.3. The van der Waals surface area contributed by atoms with Gasteiger partial charge in [-0.2, -0.15) is 15.5 Å². The molecular formula is C23H31N6O3P. The van der Waals surface area contributed by atoms with Gasteiger partial charge in [0.05, 0.1) is 14.2 Å². The van der Waals surface area contributed by atoms with Gasteiger partial charge in [-0.05, 0) is 17.7 Å². The number of nitriles is 2. The molecule has 1 N–H and O–H groups in total. The molecule has 2 rings (SSSR count). The van der Waals surface area contributed by atoms with Gasteiger partial charge in [0.1, 0.15) is 29.0 Å². The zero-order valence-corrected chi connectivity index (χ0v) is 20.9. The fraction of sp³-hybridized carbons (Fsp3) is 0.435. The first-order valence-electron chi connectivity index (χ1n) is 10.8. The molecule has 0 bridgehead atoms. The van der Waals surface area contributed by atoms with Crippen LogP contribution < -0.4 is 14.6 Å². The SMILES string of the molecule is CCN(CC)P(=O)(Nc1nc(OC)c(C#N)c(-c2ccc(OC)cc2)c1C#N)N(CC)CC. The molecule has 9 nitrogen and oxygen atoms in total. The van der Waals surface area contributed by atoms with Gasteiger partial charge in [-0.3, -0.25) is 9.65 Å². The fourth-order valence-corrected chi connectivity index (χ4v) is 6.34. The molecule has 1 aromatic heterocycles. The Kier molecular flexibility index (Phi) is 9.25. The minimum Gasteiger partial charge on any atom is -0.497 e. The highest BCUT2D eigenvalue weighted by Crippen LogP contribution is 2.53. The first-order chi connectivity index (χ1) is 15.9. The highest BCUT2D eigenvalue weighted by Gasteiger charge is 2.36. The van der Waals surface area contributed by atoms with Gasteiger partial charge in [0, 0.05) is 31.7 Å². The van der Waals surface area contributed by atoms with Crippen LogP contribution in [-0.2, 0) is 4.57 Å². The van der Waals surface area contributed by atoms with E-state index in [-0.39, 0.29) is 22.8 Å². The Morgan fingerprint density at radius 3 is 1.82 bits per heavy atom. The lowest BCUT2D eigenvalue weighted by molar-refractivity contribution is 0.364. The normalized spacial score (nSPS) is 11.2. The highest BCUT2D eigenvalue weighted by molar-refractivity contribution is 7.60. The quantitative estimate of drug-likeness (QED) is 0.466. The number of ether oxygens (including phenoxy) is 2. The van der Waals surface area contributed by atoms with Gasteiger partial charge in [-0.15, -0.1) is 0 Å². The Labute approximate surface area is 196 Å². The summed E-state index contributed by atoms with van der Waals surface area (Å²) in [5.41, 5.74) is 1.23. The van der Waals surface area contributed by atoms with Gasteiger partial charge in [0.15, 0.2) is 5.82 Å². The average Bonchev–Trinajstić information content (AvgIpc) is 2.84.